The molecule has 3 aromatic rings. The van der Waals surface area contributed by atoms with Crippen molar-refractivity contribution in [3.63, 3.8) is 0 Å². The summed E-state index contributed by atoms with van der Waals surface area (Å²) in [6.07, 6.45) is -2.96. The van der Waals surface area contributed by atoms with Gasteiger partial charge in [0.25, 0.3) is 15.9 Å². The van der Waals surface area contributed by atoms with Crippen LogP contribution in [0.3, 0.4) is 0 Å². The van der Waals surface area contributed by atoms with Gasteiger partial charge in [0, 0.05) is 28.6 Å². The Kier molecular flexibility index (Phi) is 7.15. The van der Waals surface area contributed by atoms with Crippen LogP contribution in [0.15, 0.2) is 59.6 Å². The highest BCUT2D eigenvalue weighted by atomic mass is 32.2. The number of ether oxygens (including phenoxy) is 1. The van der Waals surface area contributed by atoms with Gasteiger partial charge >= 0.3 is 6.18 Å². The first-order valence-electron chi connectivity index (χ1n) is 10.00. The maximum atomic E-state index is 12.9. The Bertz CT molecular complexity index is 1310. The lowest BCUT2D eigenvalue weighted by Gasteiger charge is -2.13. The normalized spacial score (nSPS) is 11.7. The smallest absolute Gasteiger partial charge is 0.416 e. The molecule has 0 aliphatic carbocycles. The number of carbonyl (C=O) groups is 1. The minimum atomic E-state index is -4.60. The van der Waals surface area contributed by atoms with Crippen molar-refractivity contribution < 1.29 is 31.1 Å². The summed E-state index contributed by atoms with van der Waals surface area (Å²) in [4.78, 5) is 16.6. The van der Waals surface area contributed by atoms with Crippen LogP contribution in [-0.2, 0) is 22.7 Å². The third-order valence-electron chi connectivity index (χ3n) is 5.04. The number of sulfonamides is 1. The van der Waals surface area contributed by atoms with E-state index in [0.29, 0.717) is 17.5 Å². The zero-order valence-corrected chi connectivity index (χ0v) is 19.3. The van der Waals surface area contributed by atoms with Crippen molar-refractivity contribution in [1.29, 1.82) is 0 Å². The second kappa shape index (κ2) is 9.72. The predicted molar refractivity (Wildman–Crippen MR) is 120 cm³/mol. The number of rotatable bonds is 7. The molecule has 0 unspecified atom stereocenters. The quantitative estimate of drug-likeness (QED) is 0.507. The molecule has 7 nitrogen and oxygen atoms in total. The Morgan fingerprint density at radius 3 is 2.38 bits per heavy atom. The van der Waals surface area contributed by atoms with Gasteiger partial charge in [0.2, 0.25) is 0 Å². The van der Waals surface area contributed by atoms with Crippen LogP contribution in [0.25, 0.3) is 0 Å². The number of amides is 1. The van der Waals surface area contributed by atoms with Gasteiger partial charge < -0.3 is 10.1 Å². The number of pyridine rings is 1. The molecule has 0 spiro atoms. The monoisotopic (exact) mass is 493 g/mol. The zero-order chi connectivity index (χ0) is 25.1. The van der Waals surface area contributed by atoms with Gasteiger partial charge in [-0.3, -0.25) is 14.5 Å². The molecular weight excluding hydrogens is 471 g/mol. The number of benzene rings is 2. The zero-order valence-electron chi connectivity index (χ0n) is 18.5. The summed E-state index contributed by atoms with van der Waals surface area (Å²) >= 11 is 0. The first-order valence-corrected chi connectivity index (χ1v) is 11.5. The minimum absolute atomic E-state index is 0.137. The molecule has 0 fully saturated rings. The first-order chi connectivity index (χ1) is 15.9. The number of aryl methyl sites for hydroxylation is 1. The van der Waals surface area contributed by atoms with Gasteiger partial charge in [-0.05, 0) is 56.3 Å². The fourth-order valence-electron chi connectivity index (χ4n) is 3.27. The second-order valence-electron chi connectivity index (χ2n) is 7.44. The number of halogens is 3. The van der Waals surface area contributed by atoms with Gasteiger partial charge in [0.1, 0.15) is 5.75 Å². The Hall–Kier alpha value is -3.60. The van der Waals surface area contributed by atoms with E-state index in [0.717, 1.165) is 23.3 Å². The molecule has 3 rings (SSSR count). The Labute approximate surface area is 195 Å². The van der Waals surface area contributed by atoms with E-state index < -0.39 is 27.7 Å². The highest BCUT2D eigenvalue weighted by molar-refractivity contribution is 7.92. The Balaban J connectivity index is 1.70. The van der Waals surface area contributed by atoms with Crippen LogP contribution in [0.5, 0.6) is 5.75 Å². The van der Waals surface area contributed by atoms with Crippen LogP contribution in [-0.4, -0.2) is 26.4 Å². The summed E-state index contributed by atoms with van der Waals surface area (Å²) in [7, 11) is -2.61. The van der Waals surface area contributed by atoms with Crippen molar-refractivity contribution in [3.05, 3.63) is 82.7 Å². The Morgan fingerprint density at radius 2 is 1.76 bits per heavy atom. The minimum Gasteiger partial charge on any atom is -0.496 e. The molecule has 1 aromatic heterocycles. The molecule has 0 atom stereocenters. The summed E-state index contributed by atoms with van der Waals surface area (Å²) < 4.78 is 71.2. The summed E-state index contributed by atoms with van der Waals surface area (Å²) in [5.41, 5.74) is 1.29. The maximum absolute atomic E-state index is 12.9. The lowest BCUT2D eigenvalue weighted by Crippen LogP contribution is -2.24. The van der Waals surface area contributed by atoms with E-state index in [2.05, 4.69) is 15.0 Å². The number of nitrogens with zero attached hydrogens (tertiary/aromatic N) is 1. The predicted octanol–water partition coefficient (Wildman–Crippen LogP) is 4.46. The molecule has 0 radical (unpaired) electrons. The van der Waals surface area contributed by atoms with Crippen LogP contribution in [0, 0.1) is 13.8 Å². The van der Waals surface area contributed by atoms with E-state index in [4.69, 9.17) is 4.74 Å². The molecule has 2 N–H and O–H groups in total. The van der Waals surface area contributed by atoms with Crippen molar-refractivity contribution in [1.82, 2.24) is 10.3 Å². The molecule has 1 amide bonds. The largest absolute Gasteiger partial charge is 0.496 e. The van der Waals surface area contributed by atoms with Crippen molar-refractivity contribution in [2.24, 2.45) is 0 Å². The van der Waals surface area contributed by atoms with E-state index >= 15 is 0 Å². The molecule has 0 saturated heterocycles. The van der Waals surface area contributed by atoms with Crippen molar-refractivity contribution >= 4 is 21.6 Å². The molecule has 0 aliphatic rings. The van der Waals surface area contributed by atoms with Gasteiger partial charge in [-0.25, -0.2) is 8.42 Å². The number of hydrogen-bond acceptors (Lipinski definition) is 5. The van der Waals surface area contributed by atoms with E-state index in [9.17, 15) is 26.4 Å². The highest BCUT2D eigenvalue weighted by Crippen LogP contribution is 2.31. The maximum Gasteiger partial charge on any atom is 0.416 e. The topological polar surface area (TPSA) is 97.4 Å². The van der Waals surface area contributed by atoms with E-state index in [-0.39, 0.29) is 22.7 Å². The van der Waals surface area contributed by atoms with Crippen molar-refractivity contribution in [2.45, 2.75) is 31.5 Å². The summed E-state index contributed by atoms with van der Waals surface area (Å²) in [6, 6.07) is 8.88. The standard InChI is InChI=1S/C23H22F3N3O4S/c1-14-12-27-20(15(2)21(14)33-3)13-28-22(30)16-7-9-19(10-8-16)34(31,32)29-18-6-4-5-17(11-18)23(24,25)26/h4-12,29H,13H2,1-3H3,(H,28,30). The van der Waals surface area contributed by atoms with Crippen molar-refractivity contribution in [3.8, 4) is 5.75 Å². The number of methoxy groups -OCH3 is 1. The third kappa shape index (κ3) is 5.66. The Morgan fingerprint density at radius 1 is 1.09 bits per heavy atom. The average molecular weight is 494 g/mol. The van der Waals surface area contributed by atoms with Gasteiger partial charge in [-0.1, -0.05) is 6.07 Å². The van der Waals surface area contributed by atoms with Crippen LogP contribution in [0.1, 0.15) is 32.7 Å². The number of anilines is 1. The summed E-state index contributed by atoms with van der Waals surface area (Å²) in [5, 5.41) is 2.72. The van der Waals surface area contributed by atoms with Crippen molar-refractivity contribution in [2.75, 3.05) is 11.8 Å². The van der Waals surface area contributed by atoms with E-state index in [1.54, 1.807) is 13.3 Å². The molecule has 180 valence electrons. The molecule has 0 aliphatic heterocycles. The molecule has 34 heavy (non-hydrogen) atoms. The molecule has 2 aromatic carbocycles. The molecule has 11 heteroatoms. The number of carbonyl (C=O) groups excluding carboxylic acids is 1. The highest BCUT2D eigenvalue weighted by Gasteiger charge is 2.30. The second-order valence-corrected chi connectivity index (χ2v) is 9.12. The lowest BCUT2D eigenvalue weighted by molar-refractivity contribution is -0.137. The molecule has 1 heterocycles. The van der Waals surface area contributed by atoms with Gasteiger partial charge in [-0.15, -0.1) is 0 Å². The number of aromatic nitrogens is 1. The van der Waals surface area contributed by atoms with E-state index in [1.807, 2.05) is 13.8 Å². The molecular formula is C23H22F3N3O4S. The van der Waals surface area contributed by atoms with Crippen LogP contribution >= 0.6 is 0 Å². The summed E-state index contributed by atoms with van der Waals surface area (Å²) in [5.74, 6) is 0.234. The SMILES string of the molecule is COc1c(C)cnc(CNC(=O)c2ccc(S(=O)(=O)Nc3cccc(C(F)(F)F)c3)cc2)c1C. The fourth-order valence-corrected chi connectivity index (χ4v) is 4.32. The lowest BCUT2D eigenvalue weighted by atomic mass is 10.1. The van der Waals surface area contributed by atoms with Crippen LogP contribution < -0.4 is 14.8 Å². The fraction of sp³-hybridized carbons (Fsp3) is 0.217. The van der Waals surface area contributed by atoms with E-state index in [1.165, 1.54) is 30.3 Å². The average Bonchev–Trinajstić information content (AvgIpc) is 2.78. The first kappa shape index (κ1) is 25.0. The molecule has 0 bridgehead atoms. The number of nitrogens with one attached hydrogen (secondary N) is 2. The van der Waals surface area contributed by atoms with Crippen LogP contribution in [0.2, 0.25) is 0 Å². The third-order valence-corrected chi connectivity index (χ3v) is 6.43. The molecule has 0 saturated carbocycles. The van der Waals surface area contributed by atoms with Gasteiger partial charge in [0.15, 0.2) is 0 Å². The number of hydrogen-bond donors (Lipinski definition) is 2. The number of alkyl halides is 3. The summed E-state index contributed by atoms with van der Waals surface area (Å²) in [6.45, 7) is 3.83. The van der Waals surface area contributed by atoms with Gasteiger partial charge in [-0.2, -0.15) is 13.2 Å². The van der Waals surface area contributed by atoms with Gasteiger partial charge in [0.05, 0.1) is 29.8 Å². The van der Waals surface area contributed by atoms with Crippen LogP contribution in [0.4, 0.5) is 18.9 Å².